The summed E-state index contributed by atoms with van der Waals surface area (Å²) in [6.45, 7) is 9.61. The third-order valence-electron chi connectivity index (χ3n) is 4.12. The molecule has 3 nitrogen and oxygen atoms in total. The van der Waals surface area contributed by atoms with Crippen LogP contribution in [0.2, 0.25) is 0 Å². The van der Waals surface area contributed by atoms with Gasteiger partial charge in [0.25, 0.3) is 0 Å². The quantitative estimate of drug-likeness (QED) is 0.921. The van der Waals surface area contributed by atoms with Crippen LogP contribution in [-0.2, 0) is 16.7 Å². The van der Waals surface area contributed by atoms with Crippen molar-refractivity contribution in [3.05, 3.63) is 15.6 Å². The number of nitrogens with zero attached hydrogens (tertiary/aromatic N) is 1. The molecule has 0 bridgehead atoms. The van der Waals surface area contributed by atoms with Crippen molar-refractivity contribution in [2.75, 3.05) is 13.2 Å². The van der Waals surface area contributed by atoms with E-state index in [1.54, 1.807) is 0 Å². The van der Waals surface area contributed by atoms with Crippen LogP contribution in [0.3, 0.4) is 0 Å². The van der Waals surface area contributed by atoms with Crippen LogP contribution in [0, 0.1) is 0 Å². The molecule has 0 aromatic carbocycles. The predicted molar refractivity (Wildman–Crippen MR) is 83.5 cm³/mol. The van der Waals surface area contributed by atoms with E-state index in [9.17, 15) is 0 Å². The molecular formula is C16H26N2OS. The summed E-state index contributed by atoms with van der Waals surface area (Å²) in [5.74, 6) is 0.615. The number of rotatable bonds is 4. The SMILES string of the molecule is CC(C)(C)c1nc(C2CCOCC2)sc1CNC1CC1. The van der Waals surface area contributed by atoms with Gasteiger partial charge < -0.3 is 10.1 Å². The van der Waals surface area contributed by atoms with Crippen molar-refractivity contribution in [3.8, 4) is 0 Å². The largest absolute Gasteiger partial charge is 0.381 e. The van der Waals surface area contributed by atoms with Crippen LogP contribution in [0.5, 0.6) is 0 Å². The number of aromatic nitrogens is 1. The minimum atomic E-state index is 0.139. The Morgan fingerprint density at radius 1 is 1.20 bits per heavy atom. The molecule has 1 aromatic rings. The van der Waals surface area contributed by atoms with Gasteiger partial charge in [0, 0.05) is 42.0 Å². The molecule has 1 aromatic heterocycles. The first-order chi connectivity index (χ1) is 9.54. The Kier molecular flexibility index (Phi) is 4.16. The van der Waals surface area contributed by atoms with Gasteiger partial charge in [-0.05, 0) is 25.7 Å². The Hall–Kier alpha value is -0.450. The van der Waals surface area contributed by atoms with Crippen molar-refractivity contribution in [2.24, 2.45) is 0 Å². The smallest absolute Gasteiger partial charge is 0.0964 e. The monoisotopic (exact) mass is 294 g/mol. The number of hydrogen-bond donors (Lipinski definition) is 1. The van der Waals surface area contributed by atoms with Gasteiger partial charge in [0.2, 0.25) is 0 Å². The molecular weight excluding hydrogens is 268 g/mol. The highest BCUT2D eigenvalue weighted by atomic mass is 32.1. The second-order valence-electron chi connectivity index (χ2n) is 7.12. The molecule has 0 unspecified atom stereocenters. The molecule has 1 saturated carbocycles. The van der Waals surface area contributed by atoms with Crippen molar-refractivity contribution < 1.29 is 4.74 Å². The topological polar surface area (TPSA) is 34.1 Å². The maximum absolute atomic E-state index is 5.48. The summed E-state index contributed by atoms with van der Waals surface area (Å²) in [5.41, 5.74) is 1.44. The summed E-state index contributed by atoms with van der Waals surface area (Å²) < 4.78 is 5.48. The van der Waals surface area contributed by atoms with Gasteiger partial charge in [-0.2, -0.15) is 0 Å². The van der Waals surface area contributed by atoms with E-state index in [0.29, 0.717) is 5.92 Å². The lowest BCUT2D eigenvalue weighted by molar-refractivity contribution is 0.0852. The van der Waals surface area contributed by atoms with E-state index in [-0.39, 0.29) is 5.41 Å². The fraction of sp³-hybridized carbons (Fsp3) is 0.812. The van der Waals surface area contributed by atoms with E-state index in [4.69, 9.17) is 9.72 Å². The lowest BCUT2D eigenvalue weighted by Gasteiger charge is -2.20. The zero-order valence-corrected chi connectivity index (χ0v) is 13.7. The Balaban J connectivity index is 1.79. The summed E-state index contributed by atoms with van der Waals surface area (Å²) in [6.07, 6.45) is 4.95. The number of nitrogens with one attached hydrogen (secondary N) is 1. The van der Waals surface area contributed by atoms with Gasteiger partial charge in [-0.25, -0.2) is 4.98 Å². The van der Waals surface area contributed by atoms with Crippen LogP contribution in [0.25, 0.3) is 0 Å². The number of hydrogen-bond acceptors (Lipinski definition) is 4. The average Bonchev–Trinajstić information content (AvgIpc) is 3.14. The van der Waals surface area contributed by atoms with Crippen LogP contribution in [-0.4, -0.2) is 24.2 Å². The van der Waals surface area contributed by atoms with Gasteiger partial charge in [-0.15, -0.1) is 11.3 Å². The van der Waals surface area contributed by atoms with Crippen LogP contribution >= 0.6 is 11.3 Å². The Morgan fingerprint density at radius 3 is 2.50 bits per heavy atom. The molecule has 0 amide bonds. The summed E-state index contributed by atoms with van der Waals surface area (Å²) >= 11 is 1.93. The molecule has 0 atom stereocenters. The number of thiazole rings is 1. The van der Waals surface area contributed by atoms with Crippen molar-refractivity contribution >= 4 is 11.3 Å². The van der Waals surface area contributed by atoms with Crippen molar-refractivity contribution in [1.82, 2.24) is 10.3 Å². The molecule has 0 spiro atoms. The Bertz CT molecular complexity index is 454. The third-order valence-corrected chi connectivity index (χ3v) is 5.34. The summed E-state index contributed by atoms with van der Waals surface area (Å²) in [5, 5.41) is 4.99. The molecule has 0 radical (unpaired) electrons. The average molecular weight is 294 g/mol. The van der Waals surface area contributed by atoms with Crippen LogP contribution in [0.1, 0.15) is 68.0 Å². The van der Waals surface area contributed by atoms with Gasteiger partial charge in [-0.1, -0.05) is 20.8 Å². The normalized spacial score (nSPS) is 21.4. The molecule has 1 aliphatic heterocycles. The van der Waals surface area contributed by atoms with Crippen LogP contribution in [0.15, 0.2) is 0 Å². The zero-order chi connectivity index (χ0) is 14.2. The molecule has 2 heterocycles. The first-order valence-corrected chi connectivity index (χ1v) is 8.67. The maximum atomic E-state index is 5.48. The molecule has 1 N–H and O–H groups in total. The van der Waals surface area contributed by atoms with Gasteiger partial charge in [0.05, 0.1) is 10.7 Å². The lowest BCUT2D eigenvalue weighted by Crippen LogP contribution is -2.20. The first kappa shape index (κ1) is 14.5. The van der Waals surface area contributed by atoms with E-state index >= 15 is 0 Å². The van der Waals surface area contributed by atoms with E-state index in [1.165, 1.54) is 28.4 Å². The highest BCUT2D eigenvalue weighted by Crippen LogP contribution is 2.36. The predicted octanol–water partition coefficient (Wildman–Crippen LogP) is 3.59. The molecule has 3 rings (SSSR count). The van der Waals surface area contributed by atoms with Crippen molar-refractivity contribution in [3.63, 3.8) is 0 Å². The fourth-order valence-electron chi connectivity index (χ4n) is 2.72. The summed E-state index contributed by atoms with van der Waals surface area (Å²) in [4.78, 5) is 6.48. The lowest BCUT2D eigenvalue weighted by atomic mass is 9.91. The van der Waals surface area contributed by atoms with Crippen LogP contribution in [0.4, 0.5) is 0 Å². The highest BCUT2D eigenvalue weighted by Gasteiger charge is 2.28. The fourth-order valence-corrected chi connectivity index (χ4v) is 4.12. The second kappa shape index (κ2) is 5.74. The summed E-state index contributed by atoms with van der Waals surface area (Å²) in [6, 6.07) is 0.761. The molecule has 4 heteroatoms. The molecule has 112 valence electrons. The minimum absolute atomic E-state index is 0.139. The zero-order valence-electron chi connectivity index (χ0n) is 12.9. The second-order valence-corrected chi connectivity index (χ2v) is 8.23. The Morgan fingerprint density at radius 2 is 1.90 bits per heavy atom. The van der Waals surface area contributed by atoms with Crippen molar-refractivity contribution in [2.45, 2.75) is 70.4 Å². The number of ether oxygens (including phenoxy) is 1. The van der Waals surface area contributed by atoms with E-state index in [2.05, 4.69) is 26.1 Å². The molecule has 1 saturated heterocycles. The maximum Gasteiger partial charge on any atom is 0.0964 e. The van der Waals surface area contributed by atoms with E-state index in [0.717, 1.165) is 38.6 Å². The van der Waals surface area contributed by atoms with Crippen LogP contribution < -0.4 is 5.32 Å². The van der Waals surface area contributed by atoms with Gasteiger partial charge in [0.15, 0.2) is 0 Å². The molecule has 2 aliphatic rings. The van der Waals surface area contributed by atoms with Gasteiger partial charge in [0.1, 0.15) is 0 Å². The molecule has 20 heavy (non-hydrogen) atoms. The van der Waals surface area contributed by atoms with Gasteiger partial charge >= 0.3 is 0 Å². The molecule has 1 aliphatic carbocycles. The summed E-state index contributed by atoms with van der Waals surface area (Å²) in [7, 11) is 0. The van der Waals surface area contributed by atoms with E-state index in [1.807, 2.05) is 11.3 Å². The Labute approximate surface area is 126 Å². The minimum Gasteiger partial charge on any atom is -0.381 e. The third kappa shape index (κ3) is 3.41. The first-order valence-electron chi connectivity index (χ1n) is 7.85. The molecule has 2 fully saturated rings. The van der Waals surface area contributed by atoms with E-state index < -0.39 is 0 Å². The van der Waals surface area contributed by atoms with Crippen molar-refractivity contribution in [1.29, 1.82) is 0 Å². The van der Waals surface area contributed by atoms with Gasteiger partial charge in [-0.3, -0.25) is 0 Å². The standard InChI is InChI=1S/C16H26N2OS/c1-16(2,3)14-13(10-17-12-4-5-12)20-15(18-14)11-6-8-19-9-7-11/h11-12,17H,4-10H2,1-3H3. The highest BCUT2D eigenvalue weighted by molar-refractivity contribution is 7.11.